The van der Waals surface area contributed by atoms with E-state index in [-0.39, 0.29) is 11.1 Å². The van der Waals surface area contributed by atoms with Crippen LogP contribution in [0.2, 0.25) is 0 Å². The second kappa shape index (κ2) is 7.43. The van der Waals surface area contributed by atoms with Crippen molar-refractivity contribution in [3.63, 3.8) is 0 Å². The molecule has 0 radical (unpaired) electrons. The average molecular weight is 383 g/mol. The summed E-state index contributed by atoms with van der Waals surface area (Å²) in [5.41, 5.74) is 0.535. The number of benzene rings is 2. The van der Waals surface area contributed by atoms with E-state index in [9.17, 15) is 14.4 Å². The molecule has 144 valence electrons. The molecular weight excluding hydrogens is 366 g/mol. The maximum Gasteiger partial charge on any atom is 0.350 e. The monoisotopic (exact) mass is 383 g/mol. The predicted octanol–water partition coefficient (Wildman–Crippen LogP) is 3.31. The van der Waals surface area contributed by atoms with Gasteiger partial charge in [-0.2, -0.15) is 0 Å². The Morgan fingerprint density at radius 1 is 0.964 bits per heavy atom. The normalized spacial score (nSPS) is 15.3. The van der Waals surface area contributed by atoms with Crippen LogP contribution in [0.15, 0.2) is 60.3 Å². The van der Waals surface area contributed by atoms with E-state index < -0.39 is 23.7 Å². The topological polar surface area (TPSA) is 111 Å². The fraction of sp³-hybridized carbons (Fsp3) is 0.150. The van der Waals surface area contributed by atoms with Crippen LogP contribution in [-0.2, 0) is 19.1 Å². The predicted molar refractivity (Wildman–Crippen MR) is 97.9 cm³/mol. The molecule has 0 amide bonds. The van der Waals surface area contributed by atoms with E-state index in [1.807, 2.05) is 0 Å². The fourth-order valence-electron chi connectivity index (χ4n) is 2.35. The van der Waals surface area contributed by atoms with Gasteiger partial charge in [0.05, 0.1) is 5.56 Å². The zero-order valence-corrected chi connectivity index (χ0v) is 15.1. The number of carbonyl (C=O) groups excluding carboxylic acids is 2. The van der Waals surface area contributed by atoms with Crippen molar-refractivity contribution < 1.29 is 33.7 Å². The standard InChI is InChI=1S/C20H17NO7/c1-20(2)27-18(24)16(19(25)28-20)11-21-13-5-9-15(10-6-13)26-14-7-3-12(4-8-14)17(22)23/h3-11,21H,1-2H3,(H,22,23). The third-order valence-electron chi connectivity index (χ3n) is 3.69. The van der Waals surface area contributed by atoms with E-state index in [1.165, 1.54) is 32.2 Å². The second-order valence-electron chi connectivity index (χ2n) is 6.34. The van der Waals surface area contributed by atoms with Gasteiger partial charge in [0.15, 0.2) is 5.57 Å². The molecule has 0 bridgehead atoms. The van der Waals surface area contributed by atoms with Crippen molar-refractivity contribution in [1.29, 1.82) is 0 Å². The summed E-state index contributed by atoms with van der Waals surface area (Å²) in [5, 5.41) is 11.7. The van der Waals surface area contributed by atoms with Crippen LogP contribution in [0.25, 0.3) is 0 Å². The highest BCUT2D eigenvalue weighted by molar-refractivity contribution is 6.15. The molecule has 0 saturated carbocycles. The van der Waals surface area contributed by atoms with Crippen molar-refractivity contribution in [2.45, 2.75) is 19.6 Å². The van der Waals surface area contributed by atoms with E-state index in [0.717, 1.165) is 0 Å². The molecule has 1 fully saturated rings. The van der Waals surface area contributed by atoms with Crippen LogP contribution in [0.4, 0.5) is 5.69 Å². The summed E-state index contributed by atoms with van der Waals surface area (Å²) in [6.07, 6.45) is 1.22. The number of esters is 2. The SMILES string of the molecule is CC1(C)OC(=O)C(=CNc2ccc(Oc3ccc(C(=O)O)cc3)cc2)C(=O)O1. The smallest absolute Gasteiger partial charge is 0.350 e. The van der Waals surface area contributed by atoms with Gasteiger partial charge in [0.25, 0.3) is 5.79 Å². The molecule has 0 aromatic heterocycles. The van der Waals surface area contributed by atoms with Gasteiger partial charge in [-0.25, -0.2) is 14.4 Å². The van der Waals surface area contributed by atoms with Gasteiger partial charge in [0.1, 0.15) is 11.5 Å². The highest BCUT2D eigenvalue weighted by atomic mass is 16.7. The number of anilines is 1. The lowest BCUT2D eigenvalue weighted by molar-refractivity contribution is -0.222. The molecule has 2 N–H and O–H groups in total. The molecule has 0 unspecified atom stereocenters. The third kappa shape index (κ3) is 4.47. The molecule has 3 rings (SSSR count). The van der Waals surface area contributed by atoms with Crippen molar-refractivity contribution in [3.8, 4) is 11.5 Å². The number of ether oxygens (including phenoxy) is 3. The Bertz CT molecular complexity index is 922. The minimum atomic E-state index is -1.28. The number of hydrogen-bond acceptors (Lipinski definition) is 7. The first-order chi connectivity index (χ1) is 13.2. The number of carboxylic acid groups (broad SMARTS) is 1. The molecule has 28 heavy (non-hydrogen) atoms. The average Bonchev–Trinajstić information content (AvgIpc) is 2.62. The zero-order valence-electron chi connectivity index (χ0n) is 15.1. The number of carbonyl (C=O) groups is 3. The van der Waals surface area contributed by atoms with Gasteiger partial charge >= 0.3 is 17.9 Å². The van der Waals surface area contributed by atoms with Crippen molar-refractivity contribution in [1.82, 2.24) is 0 Å². The van der Waals surface area contributed by atoms with Gasteiger partial charge in [0, 0.05) is 25.7 Å². The Labute approximate surface area is 160 Å². The van der Waals surface area contributed by atoms with Gasteiger partial charge < -0.3 is 24.6 Å². The van der Waals surface area contributed by atoms with Crippen LogP contribution < -0.4 is 10.1 Å². The van der Waals surface area contributed by atoms with E-state index in [2.05, 4.69) is 5.32 Å². The maximum absolute atomic E-state index is 11.9. The summed E-state index contributed by atoms with van der Waals surface area (Å²) in [5.74, 6) is -2.81. The molecule has 1 saturated heterocycles. The highest BCUT2D eigenvalue weighted by Crippen LogP contribution is 2.25. The van der Waals surface area contributed by atoms with E-state index in [1.54, 1.807) is 36.4 Å². The molecule has 1 aliphatic heterocycles. The van der Waals surface area contributed by atoms with Crippen LogP contribution in [0, 0.1) is 0 Å². The molecule has 8 heteroatoms. The molecule has 1 heterocycles. The van der Waals surface area contributed by atoms with Gasteiger partial charge in [0.2, 0.25) is 0 Å². The van der Waals surface area contributed by atoms with E-state index >= 15 is 0 Å². The Hall–Kier alpha value is -3.81. The lowest BCUT2D eigenvalue weighted by Gasteiger charge is -2.29. The summed E-state index contributed by atoms with van der Waals surface area (Å²) in [6.45, 7) is 2.95. The van der Waals surface area contributed by atoms with E-state index in [4.69, 9.17) is 19.3 Å². The van der Waals surface area contributed by atoms with Crippen LogP contribution in [0.3, 0.4) is 0 Å². The molecule has 2 aromatic rings. The second-order valence-corrected chi connectivity index (χ2v) is 6.34. The van der Waals surface area contributed by atoms with Crippen molar-refractivity contribution in [3.05, 3.63) is 65.9 Å². The largest absolute Gasteiger partial charge is 0.478 e. The molecule has 1 aliphatic rings. The lowest BCUT2D eigenvalue weighted by Crippen LogP contribution is -2.42. The van der Waals surface area contributed by atoms with Crippen LogP contribution in [-0.4, -0.2) is 28.8 Å². The third-order valence-corrected chi connectivity index (χ3v) is 3.69. The van der Waals surface area contributed by atoms with Crippen LogP contribution >= 0.6 is 0 Å². The minimum Gasteiger partial charge on any atom is -0.478 e. The van der Waals surface area contributed by atoms with Crippen molar-refractivity contribution in [2.75, 3.05) is 5.32 Å². The number of carboxylic acids is 1. The quantitative estimate of drug-likeness (QED) is 0.460. The van der Waals surface area contributed by atoms with E-state index in [0.29, 0.717) is 17.2 Å². The van der Waals surface area contributed by atoms with Gasteiger partial charge in [-0.3, -0.25) is 0 Å². The summed E-state index contributed by atoms with van der Waals surface area (Å²) in [6, 6.07) is 12.7. The zero-order chi connectivity index (χ0) is 20.3. The highest BCUT2D eigenvalue weighted by Gasteiger charge is 2.38. The molecule has 0 atom stereocenters. The molecule has 0 spiro atoms. The first-order valence-corrected chi connectivity index (χ1v) is 8.28. The lowest BCUT2D eigenvalue weighted by atomic mass is 10.2. The van der Waals surface area contributed by atoms with Gasteiger partial charge in [-0.1, -0.05) is 0 Å². The number of rotatable bonds is 5. The molecule has 2 aromatic carbocycles. The Morgan fingerprint density at radius 3 is 1.96 bits per heavy atom. The minimum absolute atomic E-state index is 0.170. The summed E-state index contributed by atoms with van der Waals surface area (Å²) in [4.78, 5) is 34.6. The maximum atomic E-state index is 11.9. The van der Waals surface area contributed by atoms with Crippen molar-refractivity contribution >= 4 is 23.6 Å². The number of hydrogen-bond donors (Lipinski definition) is 2. The first-order valence-electron chi connectivity index (χ1n) is 8.28. The fourth-order valence-corrected chi connectivity index (χ4v) is 2.35. The molecular formula is C20H17NO7. The molecule has 0 aliphatic carbocycles. The Kier molecular flexibility index (Phi) is 5.04. The van der Waals surface area contributed by atoms with Crippen LogP contribution in [0.1, 0.15) is 24.2 Å². The van der Waals surface area contributed by atoms with Crippen LogP contribution in [0.5, 0.6) is 11.5 Å². The summed E-state index contributed by atoms with van der Waals surface area (Å²) in [7, 11) is 0. The summed E-state index contributed by atoms with van der Waals surface area (Å²) < 4.78 is 15.6. The molecule has 8 nitrogen and oxygen atoms in total. The number of nitrogens with one attached hydrogen (secondary N) is 1. The van der Waals surface area contributed by atoms with Gasteiger partial charge in [-0.15, -0.1) is 0 Å². The van der Waals surface area contributed by atoms with Crippen molar-refractivity contribution in [2.24, 2.45) is 0 Å². The number of aromatic carboxylic acids is 1. The Balaban J connectivity index is 1.64. The first kappa shape index (κ1) is 19.0. The number of cyclic esters (lactones) is 2. The summed E-state index contributed by atoms with van der Waals surface area (Å²) >= 11 is 0. The van der Waals surface area contributed by atoms with Gasteiger partial charge in [-0.05, 0) is 48.5 Å². The Morgan fingerprint density at radius 2 is 1.46 bits per heavy atom.